The SMILES string of the molecule is CCCCCCCCCCCCCC/C=C\CCCCCCCCCCCCCCCC(O)CC(=O)NC(CO)C(O)/C=C/CCCCCCCCCCCCCCCCCCCCCCCCC. The fourth-order valence-corrected chi connectivity index (χ4v) is 10.2. The van der Waals surface area contributed by atoms with Crippen LogP contribution in [0.3, 0.4) is 0 Å². The molecule has 0 aliphatic rings. The Morgan fingerprint density at radius 3 is 0.884 bits per heavy atom. The van der Waals surface area contributed by atoms with Gasteiger partial charge in [0.05, 0.1) is 31.3 Å². The molecule has 3 atom stereocenters. The van der Waals surface area contributed by atoms with E-state index in [0.717, 1.165) is 25.7 Å². The maximum absolute atomic E-state index is 12.6. The summed E-state index contributed by atoms with van der Waals surface area (Å²) in [7, 11) is 0. The molecule has 0 aliphatic carbocycles. The summed E-state index contributed by atoms with van der Waals surface area (Å²) in [6.45, 7) is 4.26. The summed E-state index contributed by atoms with van der Waals surface area (Å²) < 4.78 is 0. The minimum Gasteiger partial charge on any atom is -0.394 e. The van der Waals surface area contributed by atoms with Crippen LogP contribution in [0.1, 0.15) is 354 Å². The quantitative estimate of drug-likeness (QED) is 0.0361. The molecule has 0 rings (SSSR count). The van der Waals surface area contributed by atoms with E-state index in [1.54, 1.807) is 6.08 Å². The zero-order valence-electron chi connectivity index (χ0n) is 47.0. The number of aliphatic hydroxyl groups excluding tert-OH is 3. The smallest absolute Gasteiger partial charge is 0.222 e. The van der Waals surface area contributed by atoms with Gasteiger partial charge in [0, 0.05) is 0 Å². The van der Waals surface area contributed by atoms with Crippen molar-refractivity contribution in [2.24, 2.45) is 0 Å². The summed E-state index contributed by atoms with van der Waals surface area (Å²) in [5, 5.41) is 33.6. The maximum Gasteiger partial charge on any atom is 0.222 e. The Hall–Kier alpha value is -1.17. The lowest BCUT2D eigenvalue weighted by atomic mass is 10.0. The monoisotopic (exact) mass is 972 g/mol. The molecular formula is C64H125NO4. The molecule has 0 fully saturated rings. The fourth-order valence-electron chi connectivity index (χ4n) is 10.2. The topological polar surface area (TPSA) is 89.8 Å². The fraction of sp³-hybridized carbons (Fsp3) is 0.922. The molecule has 410 valence electrons. The van der Waals surface area contributed by atoms with Gasteiger partial charge in [0.15, 0.2) is 0 Å². The van der Waals surface area contributed by atoms with Crippen molar-refractivity contribution < 1.29 is 20.1 Å². The van der Waals surface area contributed by atoms with Gasteiger partial charge >= 0.3 is 0 Å². The number of allylic oxidation sites excluding steroid dienone is 3. The third-order valence-corrected chi connectivity index (χ3v) is 15.0. The zero-order chi connectivity index (χ0) is 50.0. The van der Waals surface area contributed by atoms with Crippen LogP contribution in [0, 0.1) is 0 Å². The van der Waals surface area contributed by atoms with E-state index in [1.807, 2.05) is 6.08 Å². The van der Waals surface area contributed by atoms with Crippen LogP contribution in [0.15, 0.2) is 24.3 Å². The number of carbonyl (C=O) groups is 1. The van der Waals surface area contributed by atoms with Crippen molar-refractivity contribution in [1.29, 1.82) is 0 Å². The standard InChI is InChI=1S/C64H125NO4/c1-3-5-7-9-11-13-15-17-19-21-23-25-27-29-30-31-32-34-35-37-39-41-43-45-47-49-51-53-55-57-61(67)59-64(69)65-62(60-66)63(68)58-56-54-52-50-48-46-44-42-40-38-36-33-28-26-24-22-20-18-16-14-12-10-8-6-4-2/h29-30,56,58,61-63,66-68H,3-28,31-55,57,59-60H2,1-2H3,(H,65,69)/b30-29-,58-56+. The highest BCUT2D eigenvalue weighted by molar-refractivity contribution is 5.76. The molecule has 5 nitrogen and oxygen atoms in total. The molecule has 0 aromatic heterocycles. The number of aliphatic hydroxyl groups is 3. The van der Waals surface area contributed by atoms with Crippen molar-refractivity contribution in [1.82, 2.24) is 5.32 Å². The van der Waals surface area contributed by atoms with Crippen LogP contribution < -0.4 is 5.32 Å². The summed E-state index contributed by atoms with van der Waals surface area (Å²) in [5.41, 5.74) is 0. The Morgan fingerprint density at radius 1 is 0.362 bits per heavy atom. The minimum absolute atomic E-state index is 0.0169. The van der Waals surface area contributed by atoms with Crippen molar-refractivity contribution in [3.63, 3.8) is 0 Å². The lowest BCUT2D eigenvalue weighted by molar-refractivity contribution is -0.124. The van der Waals surface area contributed by atoms with Gasteiger partial charge in [-0.15, -0.1) is 0 Å². The van der Waals surface area contributed by atoms with E-state index in [2.05, 4.69) is 31.3 Å². The first-order chi connectivity index (χ1) is 34.0. The van der Waals surface area contributed by atoms with Gasteiger partial charge in [-0.25, -0.2) is 0 Å². The van der Waals surface area contributed by atoms with Crippen LogP contribution in [-0.4, -0.2) is 46.1 Å². The molecule has 3 unspecified atom stereocenters. The number of hydrogen-bond acceptors (Lipinski definition) is 4. The Balaban J connectivity index is 3.52. The minimum atomic E-state index is -0.929. The van der Waals surface area contributed by atoms with E-state index < -0.39 is 18.2 Å². The first-order valence-corrected chi connectivity index (χ1v) is 31.6. The molecule has 5 heteroatoms. The van der Waals surface area contributed by atoms with Gasteiger partial charge in [0.25, 0.3) is 0 Å². The second-order valence-corrected chi connectivity index (χ2v) is 22.0. The van der Waals surface area contributed by atoms with E-state index in [4.69, 9.17) is 0 Å². The molecule has 0 aromatic carbocycles. The average Bonchev–Trinajstić information content (AvgIpc) is 3.35. The number of amides is 1. The van der Waals surface area contributed by atoms with Crippen LogP contribution in [0.5, 0.6) is 0 Å². The number of unbranched alkanes of at least 4 members (excludes halogenated alkanes) is 48. The third-order valence-electron chi connectivity index (χ3n) is 15.0. The predicted octanol–water partition coefficient (Wildman–Crippen LogP) is 20.0. The van der Waals surface area contributed by atoms with Gasteiger partial charge in [-0.3, -0.25) is 4.79 Å². The summed E-state index contributed by atoms with van der Waals surface area (Å²) in [5.74, 6) is -0.309. The predicted molar refractivity (Wildman–Crippen MR) is 305 cm³/mol. The number of carbonyl (C=O) groups excluding carboxylic acids is 1. The summed E-state index contributed by atoms with van der Waals surface area (Å²) in [4.78, 5) is 12.6. The molecule has 0 saturated heterocycles. The van der Waals surface area contributed by atoms with Crippen molar-refractivity contribution in [2.75, 3.05) is 6.61 Å². The van der Waals surface area contributed by atoms with Crippen LogP contribution in [-0.2, 0) is 4.79 Å². The highest BCUT2D eigenvalue weighted by Crippen LogP contribution is 2.18. The van der Waals surface area contributed by atoms with E-state index >= 15 is 0 Å². The highest BCUT2D eigenvalue weighted by Gasteiger charge is 2.20. The second kappa shape index (κ2) is 59.4. The van der Waals surface area contributed by atoms with Crippen molar-refractivity contribution in [2.45, 2.75) is 372 Å². The van der Waals surface area contributed by atoms with Gasteiger partial charge < -0.3 is 20.6 Å². The lowest BCUT2D eigenvalue weighted by Crippen LogP contribution is -2.45. The Labute approximate surface area is 432 Å². The van der Waals surface area contributed by atoms with Crippen molar-refractivity contribution in [3.8, 4) is 0 Å². The average molecular weight is 973 g/mol. The summed E-state index contributed by atoms with van der Waals surface area (Å²) in [6.07, 6.45) is 76.8. The van der Waals surface area contributed by atoms with Gasteiger partial charge in [0.2, 0.25) is 5.91 Å². The van der Waals surface area contributed by atoms with E-state index in [0.29, 0.717) is 6.42 Å². The second-order valence-electron chi connectivity index (χ2n) is 22.0. The van der Waals surface area contributed by atoms with Crippen LogP contribution in [0.4, 0.5) is 0 Å². The van der Waals surface area contributed by atoms with E-state index in [-0.39, 0.29) is 18.9 Å². The molecule has 0 saturated carbocycles. The number of nitrogens with one attached hydrogen (secondary N) is 1. The number of hydrogen-bond donors (Lipinski definition) is 4. The Kier molecular flexibility index (Phi) is 58.4. The summed E-state index contributed by atoms with van der Waals surface area (Å²) in [6, 6.07) is -0.744. The molecule has 0 aliphatic heterocycles. The molecule has 0 bridgehead atoms. The van der Waals surface area contributed by atoms with Gasteiger partial charge in [-0.1, -0.05) is 327 Å². The molecule has 0 aromatic rings. The van der Waals surface area contributed by atoms with Gasteiger partial charge in [-0.05, 0) is 44.9 Å². The maximum atomic E-state index is 12.6. The molecule has 4 N–H and O–H groups in total. The normalized spacial score (nSPS) is 13.3. The molecule has 69 heavy (non-hydrogen) atoms. The molecule has 0 spiro atoms. The first-order valence-electron chi connectivity index (χ1n) is 31.6. The van der Waals surface area contributed by atoms with Crippen molar-refractivity contribution >= 4 is 5.91 Å². The largest absolute Gasteiger partial charge is 0.394 e. The summed E-state index contributed by atoms with van der Waals surface area (Å²) >= 11 is 0. The van der Waals surface area contributed by atoms with E-state index in [9.17, 15) is 20.1 Å². The van der Waals surface area contributed by atoms with Crippen LogP contribution >= 0.6 is 0 Å². The Morgan fingerprint density at radius 2 is 0.609 bits per heavy atom. The number of rotatable bonds is 59. The van der Waals surface area contributed by atoms with Crippen LogP contribution in [0.2, 0.25) is 0 Å². The lowest BCUT2D eigenvalue weighted by Gasteiger charge is -2.21. The van der Waals surface area contributed by atoms with Crippen molar-refractivity contribution in [3.05, 3.63) is 24.3 Å². The molecular weight excluding hydrogens is 847 g/mol. The first kappa shape index (κ1) is 67.8. The Bertz CT molecular complexity index is 1030. The zero-order valence-corrected chi connectivity index (χ0v) is 47.0. The third kappa shape index (κ3) is 56.0. The van der Waals surface area contributed by atoms with Gasteiger partial charge in [0.1, 0.15) is 0 Å². The van der Waals surface area contributed by atoms with Gasteiger partial charge in [-0.2, -0.15) is 0 Å². The molecule has 0 heterocycles. The van der Waals surface area contributed by atoms with Crippen LogP contribution in [0.25, 0.3) is 0 Å². The molecule has 1 amide bonds. The highest BCUT2D eigenvalue weighted by atomic mass is 16.3. The molecule has 0 radical (unpaired) electrons. The van der Waals surface area contributed by atoms with E-state index in [1.165, 1.54) is 302 Å².